The van der Waals surface area contributed by atoms with Crippen LogP contribution in [0.2, 0.25) is 0 Å². The number of aliphatic hydroxyl groups excluding tert-OH is 1. The first kappa shape index (κ1) is 22.4. The molecular weight excluding hydrogens is 288 g/mol. The zero-order valence-electron chi connectivity index (χ0n) is 15.4. The number of rotatable bonds is 18. The van der Waals surface area contributed by atoms with Crippen molar-refractivity contribution in [2.75, 3.05) is 0 Å². The molecule has 0 spiro atoms. The third-order valence-electron chi connectivity index (χ3n) is 4.57. The lowest BCUT2D eigenvalue weighted by Crippen LogP contribution is -2.05. The van der Waals surface area contributed by atoms with E-state index >= 15 is 0 Å². The molecule has 23 heavy (non-hydrogen) atoms. The first-order valence-corrected chi connectivity index (χ1v) is 10.1. The molecule has 0 rings (SSSR count). The number of carboxylic acid groups (broad SMARTS) is 1. The monoisotopic (exact) mass is 328 g/mol. The van der Waals surface area contributed by atoms with E-state index in [1.165, 1.54) is 51.4 Å². The van der Waals surface area contributed by atoms with Gasteiger partial charge < -0.3 is 10.2 Å². The van der Waals surface area contributed by atoms with Crippen LogP contribution in [0.5, 0.6) is 0 Å². The highest BCUT2D eigenvalue weighted by Gasteiger charge is 2.04. The van der Waals surface area contributed by atoms with E-state index in [-0.39, 0.29) is 6.10 Å². The van der Waals surface area contributed by atoms with Gasteiger partial charge in [-0.25, -0.2) is 0 Å². The van der Waals surface area contributed by atoms with E-state index in [0.717, 1.165) is 51.4 Å². The van der Waals surface area contributed by atoms with Crippen LogP contribution in [0.4, 0.5) is 0 Å². The standard InChI is InChI=1S/C20H40O3/c1-2-3-4-5-6-7-8-10-13-16-19(21)17-14-11-9-12-15-18-20(22)23/h19,21H,2-18H2,1H3,(H,22,23). The summed E-state index contributed by atoms with van der Waals surface area (Å²) < 4.78 is 0. The molecule has 0 aliphatic carbocycles. The molecule has 0 amide bonds. The minimum Gasteiger partial charge on any atom is -0.481 e. The van der Waals surface area contributed by atoms with Gasteiger partial charge in [0, 0.05) is 6.42 Å². The van der Waals surface area contributed by atoms with Crippen LogP contribution in [0.25, 0.3) is 0 Å². The van der Waals surface area contributed by atoms with Gasteiger partial charge in [-0.05, 0) is 19.3 Å². The summed E-state index contributed by atoms with van der Waals surface area (Å²) in [6, 6.07) is 0. The first-order valence-electron chi connectivity index (χ1n) is 10.1. The molecular formula is C20H40O3. The van der Waals surface area contributed by atoms with Crippen molar-refractivity contribution >= 4 is 5.97 Å². The van der Waals surface area contributed by atoms with Crippen molar-refractivity contribution in [3.8, 4) is 0 Å². The average Bonchev–Trinajstić information content (AvgIpc) is 2.52. The summed E-state index contributed by atoms with van der Waals surface area (Å²) in [6.07, 6.45) is 19.1. The fraction of sp³-hybridized carbons (Fsp3) is 0.950. The smallest absolute Gasteiger partial charge is 0.303 e. The van der Waals surface area contributed by atoms with Gasteiger partial charge in [0.25, 0.3) is 0 Å². The van der Waals surface area contributed by atoms with Crippen molar-refractivity contribution in [2.45, 2.75) is 122 Å². The summed E-state index contributed by atoms with van der Waals surface area (Å²) in [5.41, 5.74) is 0. The van der Waals surface area contributed by atoms with Crippen molar-refractivity contribution < 1.29 is 15.0 Å². The van der Waals surface area contributed by atoms with Gasteiger partial charge in [-0.3, -0.25) is 4.79 Å². The summed E-state index contributed by atoms with van der Waals surface area (Å²) in [7, 11) is 0. The lowest BCUT2D eigenvalue weighted by Gasteiger charge is -2.10. The second-order valence-electron chi connectivity index (χ2n) is 6.97. The van der Waals surface area contributed by atoms with E-state index in [0.29, 0.717) is 6.42 Å². The molecule has 138 valence electrons. The van der Waals surface area contributed by atoms with E-state index in [1.54, 1.807) is 0 Å². The van der Waals surface area contributed by atoms with Crippen LogP contribution in [0, 0.1) is 0 Å². The van der Waals surface area contributed by atoms with Crippen molar-refractivity contribution in [1.29, 1.82) is 0 Å². The fourth-order valence-electron chi connectivity index (χ4n) is 3.02. The largest absolute Gasteiger partial charge is 0.481 e. The molecule has 0 heterocycles. The molecule has 0 aromatic carbocycles. The zero-order chi connectivity index (χ0) is 17.2. The topological polar surface area (TPSA) is 57.5 Å². The lowest BCUT2D eigenvalue weighted by molar-refractivity contribution is -0.137. The molecule has 0 aromatic rings. The minimum absolute atomic E-state index is 0.126. The van der Waals surface area contributed by atoms with Crippen LogP contribution in [-0.4, -0.2) is 22.3 Å². The summed E-state index contributed by atoms with van der Waals surface area (Å²) in [5, 5.41) is 18.5. The number of unbranched alkanes of at least 4 members (excludes halogenated alkanes) is 12. The Hall–Kier alpha value is -0.570. The Bertz CT molecular complexity index is 253. The normalized spacial score (nSPS) is 12.4. The molecule has 1 atom stereocenters. The number of aliphatic carboxylic acids is 1. The highest BCUT2D eigenvalue weighted by atomic mass is 16.4. The predicted molar refractivity (Wildman–Crippen MR) is 97.8 cm³/mol. The summed E-state index contributed by atoms with van der Waals surface area (Å²) in [4.78, 5) is 10.4. The Morgan fingerprint density at radius 2 is 1.09 bits per heavy atom. The zero-order valence-corrected chi connectivity index (χ0v) is 15.4. The molecule has 0 aliphatic heterocycles. The molecule has 0 bridgehead atoms. The number of aliphatic hydroxyl groups is 1. The summed E-state index contributed by atoms with van der Waals surface area (Å²) in [6.45, 7) is 2.25. The number of hydrogen-bond donors (Lipinski definition) is 2. The molecule has 0 saturated carbocycles. The van der Waals surface area contributed by atoms with E-state index in [2.05, 4.69) is 6.92 Å². The number of hydrogen-bond acceptors (Lipinski definition) is 2. The quantitative estimate of drug-likeness (QED) is 0.300. The Morgan fingerprint density at radius 1 is 0.696 bits per heavy atom. The van der Waals surface area contributed by atoms with Gasteiger partial charge in [0.05, 0.1) is 6.10 Å². The summed E-state index contributed by atoms with van der Waals surface area (Å²) >= 11 is 0. The van der Waals surface area contributed by atoms with Crippen molar-refractivity contribution in [1.82, 2.24) is 0 Å². The van der Waals surface area contributed by atoms with Gasteiger partial charge in [0.1, 0.15) is 0 Å². The predicted octanol–water partition coefficient (Wildman–Crippen LogP) is 6.08. The summed E-state index contributed by atoms with van der Waals surface area (Å²) in [5.74, 6) is -0.693. The fourth-order valence-corrected chi connectivity index (χ4v) is 3.02. The van der Waals surface area contributed by atoms with Gasteiger partial charge in [0.2, 0.25) is 0 Å². The molecule has 0 saturated heterocycles. The van der Waals surface area contributed by atoms with Crippen molar-refractivity contribution in [3.63, 3.8) is 0 Å². The minimum atomic E-state index is -0.693. The maximum atomic E-state index is 10.4. The third-order valence-corrected chi connectivity index (χ3v) is 4.57. The maximum Gasteiger partial charge on any atom is 0.303 e. The Labute approximate surface area is 143 Å². The maximum absolute atomic E-state index is 10.4. The second kappa shape index (κ2) is 17.8. The lowest BCUT2D eigenvalue weighted by atomic mass is 10.0. The Kier molecular flexibility index (Phi) is 17.3. The van der Waals surface area contributed by atoms with Crippen LogP contribution >= 0.6 is 0 Å². The van der Waals surface area contributed by atoms with Crippen LogP contribution in [-0.2, 0) is 4.79 Å². The molecule has 3 nitrogen and oxygen atoms in total. The number of carbonyl (C=O) groups is 1. The Morgan fingerprint density at radius 3 is 1.52 bits per heavy atom. The highest BCUT2D eigenvalue weighted by Crippen LogP contribution is 2.14. The molecule has 0 aromatic heterocycles. The van der Waals surface area contributed by atoms with Gasteiger partial charge in [0.15, 0.2) is 0 Å². The van der Waals surface area contributed by atoms with E-state index in [9.17, 15) is 9.90 Å². The first-order chi connectivity index (χ1) is 11.2. The molecule has 0 fully saturated rings. The molecule has 0 radical (unpaired) electrons. The van der Waals surface area contributed by atoms with Gasteiger partial charge >= 0.3 is 5.97 Å². The van der Waals surface area contributed by atoms with E-state index in [4.69, 9.17) is 5.11 Å². The van der Waals surface area contributed by atoms with Crippen LogP contribution in [0.15, 0.2) is 0 Å². The van der Waals surface area contributed by atoms with Gasteiger partial charge in [-0.1, -0.05) is 90.4 Å². The van der Waals surface area contributed by atoms with Gasteiger partial charge in [-0.2, -0.15) is 0 Å². The molecule has 1 unspecified atom stereocenters. The second-order valence-corrected chi connectivity index (χ2v) is 6.97. The molecule has 0 aliphatic rings. The Balaban J connectivity index is 3.16. The van der Waals surface area contributed by atoms with Crippen molar-refractivity contribution in [3.05, 3.63) is 0 Å². The van der Waals surface area contributed by atoms with Gasteiger partial charge in [-0.15, -0.1) is 0 Å². The third kappa shape index (κ3) is 19.4. The highest BCUT2D eigenvalue weighted by molar-refractivity contribution is 5.66. The van der Waals surface area contributed by atoms with Crippen LogP contribution < -0.4 is 0 Å². The molecule has 3 heteroatoms. The van der Waals surface area contributed by atoms with Crippen LogP contribution in [0.1, 0.15) is 116 Å². The van der Waals surface area contributed by atoms with Crippen LogP contribution in [0.3, 0.4) is 0 Å². The SMILES string of the molecule is CCCCCCCCCCCC(O)CCCCCCCC(=O)O. The molecule has 2 N–H and O–H groups in total. The van der Waals surface area contributed by atoms with E-state index < -0.39 is 5.97 Å². The number of carboxylic acids is 1. The average molecular weight is 329 g/mol. The van der Waals surface area contributed by atoms with Crippen molar-refractivity contribution in [2.24, 2.45) is 0 Å². The van der Waals surface area contributed by atoms with E-state index in [1.807, 2.05) is 0 Å².